The van der Waals surface area contributed by atoms with Gasteiger partial charge < -0.3 is 4.98 Å². The molecule has 0 atom stereocenters. The molecule has 1 aliphatic rings. The molecule has 24 heavy (non-hydrogen) atoms. The van der Waals surface area contributed by atoms with Crippen molar-refractivity contribution in [3.8, 4) is 0 Å². The number of halogens is 1. The molecule has 4 nitrogen and oxygen atoms in total. The molecule has 0 aliphatic carbocycles. The number of hydrogen-bond acceptors (Lipinski definition) is 3. The third kappa shape index (κ3) is 3.79. The lowest BCUT2D eigenvalue weighted by Crippen LogP contribution is -2.30. The van der Waals surface area contributed by atoms with Crippen LogP contribution in [0.4, 0.5) is 4.39 Å². The minimum absolute atomic E-state index is 0.00404. The van der Waals surface area contributed by atoms with Crippen molar-refractivity contribution < 1.29 is 9.18 Å². The van der Waals surface area contributed by atoms with E-state index in [4.69, 9.17) is 0 Å². The summed E-state index contributed by atoms with van der Waals surface area (Å²) in [6, 6.07) is 6.78. The molecule has 5 heteroatoms. The van der Waals surface area contributed by atoms with E-state index in [1.807, 2.05) is 13.0 Å². The number of aromatic nitrogens is 2. The first-order chi connectivity index (χ1) is 11.5. The highest BCUT2D eigenvalue weighted by Gasteiger charge is 2.15. The summed E-state index contributed by atoms with van der Waals surface area (Å²) in [6.07, 6.45) is 3.88. The van der Waals surface area contributed by atoms with E-state index < -0.39 is 0 Å². The summed E-state index contributed by atoms with van der Waals surface area (Å²) in [5.74, 6) is 0.665. The molecule has 0 amide bonds. The van der Waals surface area contributed by atoms with Crippen LogP contribution in [0.5, 0.6) is 0 Å². The predicted octanol–water partition coefficient (Wildman–Crippen LogP) is 3.39. The number of nitrogens with zero attached hydrogens (tertiary/aromatic N) is 2. The molecule has 0 radical (unpaired) electrons. The SMILES string of the molecule is CC(=O)c1nc(CCN2CC=C(c3cccc(F)c3)CC2)[nH]c1C. The number of nitrogens with one attached hydrogen (secondary N) is 1. The first kappa shape index (κ1) is 16.6. The molecule has 0 bridgehead atoms. The normalized spacial score (nSPS) is 15.4. The van der Waals surface area contributed by atoms with Gasteiger partial charge in [0.15, 0.2) is 5.78 Å². The molecule has 2 aromatic rings. The van der Waals surface area contributed by atoms with Crippen molar-refractivity contribution in [1.82, 2.24) is 14.9 Å². The topological polar surface area (TPSA) is 49.0 Å². The zero-order valence-electron chi connectivity index (χ0n) is 14.1. The van der Waals surface area contributed by atoms with Crippen molar-refractivity contribution in [3.05, 3.63) is 58.9 Å². The summed E-state index contributed by atoms with van der Waals surface area (Å²) < 4.78 is 13.3. The number of rotatable bonds is 5. The molecule has 0 fully saturated rings. The number of aromatic amines is 1. The van der Waals surface area contributed by atoms with Gasteiger partial charge in [0.25, 0.3) is 0 Å². The molecular weight excluding hydrogens is 305 g/mol. The third-order valence-corrected chi connectivity index (χ3v) is 4.42. The van der Waals surface area contributed by atoms with Gasteiger partial charge in [0.2, 0.25) is 0 Å². The van der Waals surface area contributed by atoms with E-state index in [1.54, 1.807) is 12.1 Å². The standard InChI is InChI=1S/C19H22FN3O/c1-13-19(14(2)24)22-18(21-13)8-11-23-9-6-15(7-10-23)16-4-3-5-17(20)12-16/h3-6,12H,7-11H2,1-2H3,(H,21,22). The van der Waals surface area contributed by atoms with Crippen LogP contribution in [0.1, 0.15) is 40.9 Å². The second-order valence-corrected chi connectivity index (χ2v) is 6.25. The Labute approximate surface area is 141 Å². The van der Waals surface area contributed by atoms with Gasteiger partial charge in [-0.25, -0.2) is 9.37 Å². The smallest absolute Gasteiger partial charge is 0.179 e. The lowest BCUT2D eigenvalue weighted by molar-refractivity contribution is 0.101. The Morgan fingerprint density at radius 1 is 1.42 bits per heavy atom. The Bertz CT molecular complexity index is 779. The quantitative estimate of drug-likeness (QED) is 0.856. The van der Waals surface area contributed by atoms with Crippen molar-refractivity contribution >= 4 is 11.4 Å². The zero-order valence-corrected chi connectivity index (χ0v) is 14.1. The van der Waals surface area contributed by atoms with Crippen LogP contribution in [0.3, 0.4) is 0 Å². The first-order valence-electron chi connectivity index (χ1n) is 8.26. The molecule has 1 N–H and O–H groups in total. The molecule has 1 aromatic heterocycles. The van der Waals surface area contributed by atoms with Crippen molar-refractivity contribution in [2.24, 2.45) is 0 Å². The fourth-order valence-electron chi connectivity index (χ4n) is 3.11. The summed E-state index contributed by atoms with van der Waals surface area (Å²) in [5.41, 5.74) is 3.56. The number of ketones is 1. The summed E-state index contributed by atoms with van der Waals surface area (Å²) in [6.45, 7) is 6.10. The van der Waals surface area contributed by atoms with Gasteiger partial charge in [-0.3, -0.25) is 9.69 Å². The van der Waals surface area contributed by atoms with Gasteiger partial charge in [0.1, 0.15) is 17.3 Å². The van der Waals surface area contributed by atoms with Gasteiger partial charge in [-0.1, -0.05) is 18.2 Å². The average molecular weight is 327 g/mol. The van der Waals surface area contributed by atoms with Gasteiger partial charge in [0.05, 0.1) is 0 Å². The fourth-order valence-corrected chi connectivity index (χ4v) is 3.11. The van der Waals surface area contributed by atoms with Crippen LogP contribution in [0.25, 0.3) is 5.57 Å². The highest BCUT2D eigenvalue weighted by Crippen LogP contribution is 2.23. The van der Waals surface area contributed by atoms with Crippen molar-refractivity contribution in [2.45, 2.75) is 26.7 Å². The van der Waals surface area contributed by atoms with E-state index in [-0.39, 0.29) is 11.6 Å². The van der Waals surface area contributed by atoms with Crippen LogP contribution in [-0.2, 0) is 6.42 Å². The summed E-state index contributed by atoms with van der Waals surface area (Å²) in [4.78, 5) is 21.4. The number of carbonyl (C=O) groups is 1. The molecule has 3 rings (SSSR count). The summed E-state index contributed by atoms with van der Waals surface area (Å²) >= 11 is 0. The molecule has 0 unspecified atom stereocenters. The van der Waals surface area contributed by atoms with E-state index in [0.29, 0.717) is 5.69 Å². The fraction of sp³-hybridized carbons (Fsp3) is 0.368. The third-order valence-electron chi connectivity index (χ3n) is 4.42. The largest absolute Gasteiger partial charge is 0.345 e. The van der Waals surface area contributed by atoms with Gasteiger partial charge >= 0.3 is 0 Å². The van der Waals surface area contributed by atoms with Gasteiger partial charge in [-0.05, 0) is 36.6 Å². The minimum Gasteiger partial charge on any atom is -0.345 e. The maximum Gasteiger partial charge on any atom is 0.179 e. The second-order valence-electron chi connectivity index (χ2n) is 6.25. The number of imidazole rings is 1. The molecule has 1 aromatic carbocycles. The maximum atomic E-state index is 13.3. The van der Waals surface area contributed by atoms with E-state index in [0.717, 1.165) is 49.6 Å². The predicted molar refractivity (Wildman–Crippen MR) is 92.5 cm³/mol. The van der Waals surface area contributed by atoms with Crippen LogP contribution in [-0.4, -0.2) is 40.3 Å². The van der Waals surface area contributed by atoms with Crippen molar-refractivity contribution in [1.29, 1.82) is 0 Å². The molecule has 2 heterocycles. The van der Waals surface area contributed by atoms with Gasteiger partial charge in [0, 0.05) is 38.7 Å². The summed E-state index contributed by atoms with van der Waals surface area (Å²) in [5, 5.41) is 0. The summed E-state index contributed by atoms with van der Waals surface area (Å²) in [7, 11) is 0. The van der Waals surface area contributed by atoms with Crippen LogP contribution in [0.2, 0.25) is 0 Å². The Balaban J connectivity index is 1.57. The van der Waals surface area contributed by atoms with E-state index in [2.05, 4.69) is 20.9 Å². The zero-order chi connectivity index (χ0) is 17.1. The number of hydrogen-bond donors (Lipinski definition) is 1. The molecule has 0 saturated heterocycles. The Hall–Kier alpha value is -2.27. The molecular formula is C19H22FN3O. The van der Waals surface area contributed by atoms with Crippen LogP contribution in [0.15, 0.2) is 30.3 Å². The molecule has 126 valence electrons. The minimum atomic E-state index is -0.190. The van der Waals surface area contributed by atoms with Crippen LogP contribution in [0, 0.1) is 12.7 Å². The number of aryl methyl sites for hydroxylation is 1. The number of carbonyl (C=O) groups excluding carboxylic acids is 1. The van der Waals surface area contributed by atoms with Crippen molar-refractivity contribution in [2.75, 3.05) is 19.6 Å². The van der Waals surface area contributed by atoms with Gasteiger partial charge in [-0.15, -0.1) is 0 Å². The molecule has 0 saturated carbocycles. The number of benzene rings is 1. The number of H-pyrrole nitrogens is 1. The van der Waals surface area contributed by atoms with Crippen LogP contribution >= 0.6 is 0 Å². The van der Waals surface area contributed by atoms with E-state index in [1.165, 1.54) is 18.6 Å². The molecule has 0 spiro atoms. The lowest BCUT2D eigenvalue weighted by Gasteiger charge is -2.26. The van der Waals surface area contributed by atoms with E-state index in [9.17, 15) is 9.18 Å². The second kappa shape index (κ2) is 7.09. The molecule has 1 aliphatic heterocycles. The van der Waals surface area contributed by atoms with Crippen molar-refractivity contribution in [3.63, 3.8) is 0 Å². The highest BCUT2D eigenvalue weighted by atomic mass is 19.1. The van der Waals surface area contributed by atoms with Crippen LogP contribution < -0.4 is 0 Å². The monoisotopic (exact) mass is 327 g/mol. The lowest BCUT2D eigenvalue weighted by atomic mass is 9.99. The average Bonchev–Trinajstić information content (AvgIpc) is 2.95. The maximum absolute atomic E-state index is 13.3. The van der Waals surface area contributed by atoms with E-state index >= 15 is 0 Å². The Morgan fingerprint density at radius 2 is 2.25 bits per heavy atom. The highest BCUT2D eigenvalue weighted by molar-refractivity contribution is 5.93. The number of Topliss-reactive ketones (excluding diaryl/α,β-unsaturated/α-hetero) is 1. The first-order valence-corrected chi connectivity index (χ1v) is 8.26. The Morgan fingerprint density at radius 3 is 2.88 bits per heavy atom. The Kier molecular flexibility index (Phi) is 4.90. The van der Waals surface area contributed by atoms with Gasteiger partial charge in [-0.2, -0.15) is 0 Å².